The molecule has 0 N–H and O–H groups in total. The first-order chi connectivity index (χ1) is 12.5. The number of carbonyl (C=O) groups excluding carboxylic acids is 3. The molecule has 2 aromatic rings. The van der Waals surface area contributed by atoms with E-state index < -0.39 is 11.8 Å². The standard InChI is InChI=1S/C19H17N3O4/c1-12-5-4-8-16(20-12)26-13-9-21(10-13)17(23)11-22-18(24)14-6-2-3-7-15(14)19(22)25/h2-8,13H,9-11H2,1H3. The molecular weight excluding hydrogens is 334 g/mol. The molecular formula is C19H17N3O4. The molecule has 4 rings (SSSR count). The van der Waals surface area contributed by atoms with Crippen LogP contribution in [0.1, 0.15) is 26.4 Å². The number of amides is 3. The number of imide groups is 1. The van der Waals surface area contributed by atoms with Crippen LogP contribution in [0.5, 0.6) is 5.88 Å². The number of ether oxygens (including phenoxy) is 1. The lowest BCUT2D eigenvalue weighted by molar-refractivity contribution is -0.140. The number of likely N-dealkylation sites (tertiary alicyclic amines) is 1. The molecule has 1 saturated heterocycles. The summed E-state index contributed by atoms with van der Waals surface area (Å²) in [7, 11) is 0. The van der Waals surface area contributed by atoms with Crippen molar-refractivity contribution in [2.75, 3.05) is 19.6 Å². The van der Waals surface area contributed by atoms with Crippen LogP contribution < -0.4 is 4.74 Å². The molecule has 0 atom stereocenters. The maximum absolute atomic E-state index is 12.4. The summed E-state index contributed by atoms with van der Waals surface area (Å²) in [6, 6.07) is 12.1. The van der Waals surface area contributed by atoms with Crippen LogP contribution in [0, 0.1) is 6.92 Å². The molecule has 1 aromatic heterocycles. The number of aromatic nitrogens is 1. The zero-order valence-electron chi connectivity index (χ0n) is 14.2. The fourth-order valence-corrected chi connectivity index (χ4v) is 3.09. The average molecular weight is 351 g/mol. The van der Waals surface area contributed by atoms with Gasteiger partial charge in [0.05, 0.1) is 24.2 Å². The first kappa shape index (κ1) is 16.3. The van der Waals surface area contributed by atoms with Crippen LogP contribution in [0.2, 0.25) is 0 Å². The molecule has 1 aromatic carbocycles. The molecule has 3 heterocycles. The predicted molar refractivity (Wildman–Crippen MR) is 91.8 cm³/mol. The molecule has 0 unspecified atom stereocenters. The van der Waals surface area contributed by atoms with Gasteiger partial charge >= 0.3 is 0 Å². The van der Waals surface area contributed by atoms with Crippen LogP contribution in [0.3, 0.4) is 0 Å². The van der Waals surface area contributed by atoms with E-state index in [4.69, 9.17) is 4.74 Å². The van der Waals surface area contributed by atoms with E-state index in [-0.39, 0.29) is 18.6 Å². The van der Waals surface area contributed by atoms with Gasteiger partial charge in [0, 0.05) is 11.8 Å². The third-order valence-electron chi connectivity index (χ3n) is 4.52. The van der Waals surface area contributed by atoms with Crippen molar-refractivity contribution < 1.29 is 19.1 Å². The van der Waals surface area contributed by atoms with Crippen molar-refractivity contribution in [3.8, 4) is 5.88 Å². The Hall–Kier alpha value is -3.22. The van der Waals surface area contributed by atoms with E-state index in [1.165, 1.54) is 0 Å². The quantitative estimate of drug-likeness (QED) is 0.775. The van der Waals surface area contributed by atoms with E-state index in [9.17, 15) is 14.4 Å². The first-order valence-corrected chi connectivity index (χ1v) is 8.36. The van der Waals surface area contributed by atoms with Crippen LogP contribution >= 0.6 is 0 Å². The van der Waals surface area contributed by atoms with Gasteiger partial charge in [0.15, 0.2) is 0 Å². The second-order valence-electron chi connectivity index (χ2n) is 6.40. The molecule has 0 saturated carbocycles. The smallest absolute Gasteiger partial charge is 0.262 e. The fourth-order valence-electron chi connectivity index (χ4n) is 3.09. The Morgan fingerprint density at radius 2 is 1.73 bits per heavy atom. The number of nitrogens with zero attached hydrogens (tertiary/aromatic N) is 3. The number of fused-ring (bicyclic) bond motifs is 1. The van der Waals surface area contributed by atoms with Gasteiger partial charge < -0.3 is 9.64 Å². The topological polar surface area (TPSA) is 79.8 Å². The lowest BCUT2D eigenvalue weighted by Crippen LogP contribution is -2.58. The van der Waals surface area contributed by atoms with Gasteiger partial charge in [0.25, 0.3) is 11.8 Å². The summed E-state index contributed by atoms with van der Waals surface area (Å²) in [6.07, 6.45) is -0.129. The van der Waals surface area contributed by atoms with Crippen LogP contribution in [0.15, 0.2) is 42.5 Å². The summed E-state index contributed by atoms with van der Waals surface area (Å²) in [5, 5.41) is 0. The molecule has 7 nitrogen and oxygen atoms in total. The number of pyridine rings is 1. The van der Waals surface area contributed by atoms with Gasteiger partial charge in [-0.05, 0) is 25.1 Å². The number of hydrogen-bond donors (Lipinski definition) is 0. The fraction of sp³-hybridized carbons (Fsp3) is 0.263. The van der Waals surface area contributed by atoms with E-state index in [0.29, 0.717) is 30.1 Å². The minimum atomic E-state index is -0.420. The van der Waals surface area contributed by atoms with Gasteiger partial charge in [-0.25, -0.2) is 4.98 Å². The molecule has 2 aliphatic heterocycles. The molecule has 1 fully saturated rings. The highest BCUT2D eigenvalue weighted by molar-refractivity contribution is 6.22. The van der Waals surface area contributed by atoms with Crippen molar-refractivity contribution in [2.45, 2.75) is 13.0 Å². The Morgan fingerprint density at radius 1 is 1.08 bits per heavy atom. The Kier molecular flexibility index (Phi) is 3.91. The SMILES string of the molecule is Cc1cccc(OC2CN(C(=O)CN3C(=O)c4ccccc4C3=O)C2)n1. The largest absolute Gasteiger partial charge is 0.471 e. The van der Waals surface area contributed by atoms with Crippen molar-refractivity contribution in [1.29, 1.82) is 0 Å². The van der Waals surface area contributed by atoms with E-state index in [1.54, 1.807) is 35.2 Å². The maximum Gasteiger partial charge on any atom is 0.262 e. The summed E-state index contributed by atoms with van der Waals surface area (Å²) < 4.78 is 5.72. The van der Waals surface area contributed by atoms with E-state index in [2.05, 4.69) is 4.98 Å². The Balaban J connectivity index is 1.33. The van der Waals surface area contributed by atoms with Gasteiger partial charge in [-0.15, -0.1) is 0 Å². The van der Waals surface area contributed by atoms with Crippen molar-refractivity contribution in [3.05, 3.63) is 59.3 Å². The van der Waals surface area contributed by atoms with Crippen LogP contribution in [-0.4, -0.2) is 58.2 Å². The summed E-state index contributed by atoms with van der Waals surface area (Å²) in [5.41, 5.74) is 1.56. The Labute approximate surface area is 150 Å². The summed E-state index contributed by atoms with van der Waals surface area (Å²) in [5.74, 6) is -0.577. The normalized spacial score (nSPS) is 16.5. The molecule has 3 amide bonds. The molecule has 0 spiro atoms. The first-order valence-electron chi connectivity index (χ1n) is 8.36. The number of carbonyl (C=O) groups is 3. The zero-order chi connectivity index (χ0) is 18.3. The molecule has 0 bridgehead atoms. The number of hydrogen-bond acceptors (Lipinski definition) is 5. The minimum absolute atomic E-state index is 0.129. The van der Waals surface area contributed by atoms with Gasteiger partial charge in [-0.2, -0.15) is 0 Å². The summed E-state index contributed by atoms with van der Waals surface area (Å²) in [6.45, 7) is 2.46. The number of benzene rings is 1. The zero-order valence-corrected chi connectivity index (χ0v) is 14.2. The second kappa shape index (κ2) is 6.25. The highest BCUT2D eigenvalue weighted by Crippen LogP contribution is 2.23. The van der Waals surface area contributed by atoms with Crippen LogP contribution in [0.25, 0.3) is 0 Å². The Morgan fingerprint density at radius 3 is 2.35 bits per heavy atom. The van der Waals surface area contributed by atoms with E-state index in [1.807, 2.05) is 19.1 Å². The molecule has 26 heavy (non-hydrogen) atoms. The maximum atomic E-state index is 12.4. The summed E-state index contributed by atoms with van der Waals surface area (Å²) in [4.78, 5) is 43.8. The molecule has 0 radical (unpaired) electrons. The lowest BCUT2D eigenvalue weighted by Gasteiger charge is -2.39. The average Bonchev–Trinajstić information content (AvgIpc) is 2.83. The molecule has 2 aliphatic rings. The van der Waals surface area contributed by atoms with Gasteiger partial charge in [-0.3, -0.25) is 19.3 Å². The van der Waals surface area contributed by atoms with Crippen LogP contribution in [0.4, 0.5) is 0 Å². The van der Waals surface area contributed by atoms with Crippen molar-refractivity contribution in [2.24, 2.45) is 0 Å². The van der Waals surface area contributed by atoms with Gasteiger partial charge in [-0.1, -0.05) is 18.2 Å². The van der Waals surface area contributed by atoms with Crippen molar-refractivity contribution in [3.63, 3.8) is 0 Å². The third kappa shape index (κ3) is 2.81. The summed E-state index contributed by atoms with van der Waals surface area (Å²) >= 11 is 0. The molecule has 0 aliphatic carbocycles. The van der Waals surface area contributed by atoms with E-state index in [0.717, 1.165) is 10.6 Å². The highest BCUT2D eigenvalue weighted by atomic mass is 16.5. The minimum Gasteiger partial charge on any atom is -0.471 e. The highest BCUT2D eigenvalue weighted by Gasteiger charge is 2.39. The third-order valence-corrected chi connectivity index (χ3v) is 4.52. The lowest BCUT2D eigenvalue weighted by atomic mass is 10.1. The number of rotatable bonds is 4. The van der Waals surface area contributed by atoms with Crippen molar-refractivity contribution >= 4 is 17.7 Å². The molecule has 7 heteroatoms. The Bertz CT molecular complexity index is 870. The van der Waals surface area contributed by atoms with Gasteiger partial charge in [0.1, 0.15) is 12.6 Å². The van der Waals surface area contributed by atoms with E-state index >= 15 is 0 Å². The molecule has 132 valence electrons. The van der Waals surface area contributed by atoms with Crippen LogP contribution in [-0.2, 0) is 4.79 Å². The monoisotopic (exact) mass is 351 g/mol. The predicted octanol–water partition coefficient (Wildman–Crippen LogP) is 1.28. The van der Waals surface area contributed by atoms with Gasteiger partial charge in [0.2, 0.25) is 11.8 Å². The number of aryl methyl sites for hydroxylation is 1. The second-order valence-corrected chi connectivity index (χ2v) is 6.40. The van der Waals surface area contributed by atoms with Crippen molar-refractivity contribution in [1.82, 2.24) is 14.8 Å².